The Morgan fingerprint density at radius 1 is 1.28 bits per heavy atom. The summed E-state index contributed by atoms with van der Waals surface area (Å²) in [7, 11) is 3.50. The lowest BCUT2D eigenvalue weighted by molar-refractivity contribution is -0.157. The highest BCUT2D eigenvalue weighted by Gasteiger charge is 2.40. The summed E-state index contributed by atoms with van der Waals surface area (Å²) >= 11 is 12.2. The zero-order valence-corrected chi connectivity index (χ0v) is 17.4. The number of nitrogens with zero attached hydrogens (tertiary/aromatic N) is 5. The van der Waals surface area contributed by atoms with E-state index in [4.69, 9.17) is 27.9 Å². The van der Waals surface area contributed by atoms with Crippen LogP contribution in [0.2, 0.25) is 10.0 Å². The smallest absolute Gasteiger partial charge is 0.311 e. The van der Waals surface area contributed by atoms with Crippen LogP contribution < -0.4 is 0 Å². The van der Waals surface area contributed by atoms with E-state index in [0.717, 1.165) is 5.56 Å². The van der Waals surface area contributed by atoms with Gasteiger partial charge in [0.2, 0.25) is 5.91 Å². The second-order valence-corrected chi connectivity index (χ2v) is 7.96. The predicted octanol–water partition coefficient (Wildman–Crippen LogP) is 3.03. The van der Waals surface area contributed by atoms with Crippen LogP contribution >= 0.6 is 23.2 Å². The topological polar surface area (TPSA) is 81.7 Å². The molecule has 0 bridgehead atoms. The molecule has 1 fully saturated rings. The SMILES string of the molecule is CN1C(=O)CCC(C(=O)OCc2cn3cc(Cl)cc(Cl)c3n2)C1c1cnn(C)c1. The van der Waals surface area contributed by atoms with Gasteiger partial charge < -0.3 is 14.0 Å². The van der Waals surface area contributed by atoms with Crippen LogP contribution in [-0.2, 0) is 28.0 Å². The Morgan fingerprint density at radius 2 is 2.07 bits per heavy atom. The number of hydrogen-bond acceptors (Lipinski definition) is 5. The average Bonchev–Trinajstić information content (AvgIpc) is 3.28. The minimum atomic E-state index is -0.475. The zero-order chi connectivity index (χ0) is 20.7. The van der Waals surface area contributed by atoms with Crippen molar-refractivity contribution in [3.8, 4) is 0 Å². The number of carbonyl (C=O) groups is 2. The summed E-state index contributed by atoms with van der Waals surface area (Å²) in [5, 5.41) is 5.07. The van der Waals surface area contributed by atoms with E-state index in [1.165, 1.54) is 0 Å². The monoisotopic (exact) mass is 435 g/mol. The van der Waals surface area contributed by atoms with Crippen LogP contribution in [0.3, 0.4) is 0 Å². The van der Waals surface area contributed by atoms with E-state index in [9.17, 15) is 9.59 Å². The van der Waals surface area contributed by atoms with Gasteiger partial charge in [-0.3, -0.25) is 14.3 Å². The number of likely N-dealkylation sites (tertiary alicyclic amines) is 1. The molecule has 0 aromatic carbocycles. The lowest BCUT2D eigenvalue weighted by Gasteiger charge is -2.37. The molecular formula is C19H19Cl2N5O3. The van der Waals surface area contributed by atoms with Crippen molar-refractivity contribution in [3.05, 3.63) is 52.2 Å². The number of esters is 1. The maximum absolute atomic E-state index is 12.9. The van der Waals surface area contributed by atoms with Crippen molar-refractivity contribution in [3.63, 3.8) is 0 Å². The third-order valence-corrected chi connectivity index (χ3v) is 5.60. The third kappa shape index (κ3) is 3.82. The maximum atomic E-state index is 12.9. The second kappa shape index (κ2) is 7.68. The molecular weight excluding hydrogens is 417 g/mol. The van der Waals surface area contributed by atoms with Crippen molar-refractivity contribution in [1.29, 1.82) is 0 Å². The fourth-order valence-corrected chi connectivity index (χ4v) is 4.26. The first-order chi connectivity index (χ1) is 13.8. The zero-order valence-electron chi connectivity index (χ0n) is 15.9. The number of imidazole rings is 1. The van der Waals surface area contributed by atoms with Crippen LogP contribution in [0, 0.1) is 5.92 Å². The van der Waals surface area contributed by atoms with Crippen molar-refractivity contribution in [1.82, 2.24) is 24.1 Å². The first-order valence-corrected chi connectivity index (χ1v) is 9.82. The number of aromatic nitrogens is 4. The molecule has 2 unspecified atom stereocenters. The van der Waals surface area contributed by atoms with E-state index < -0.39 is 12.0 Å². The Balaban J connectivity index is 1.52. The fraction of sp³-hybridized carbons (Fsp3) is 0.368. The third-order valence-electron chi connectivity index (χ3n) is 5.12. The van der Waals surface area contributed by atoms with Crippen LogP contribution in [0.4, 0.5) is 0 Å². The first-order valence-electron chi connectivity index (χ1n) is 9.07. The van der Waals surface area contributed by atoms with Gasteiger partial charge in [0.05, 0.1) is 33.9 Å². The van der Waals surface area contributed by atoms with Crippen LogP contribution in [0.25, 0.3) is 5.65 Å². The molecule has 1 aliphatic heterocycles. The maximum Gasteiger partial charge on any atom is 0.311 e. The van der Waals surface area contributed by atoms with Crippen molar-refractivity contribution < 1.29 is 14.3 Å². The van der Waals surface area contributed by atoms with Gasteiger partial charge in [-0.25, -0.2) is 4.98 Å². The summed E-state index contributed by atoms with van der Waals surface area (Å²) in [6.07, 6.45) is 7.61. The molecule has 1 aliphatic rings. The molecule has 29 heavy (non-hydrogen) atoms. The largest absolute Gasteiger partial charge is 0.459 e. The lowest BCUT2D eigenvalue weighted by atomic mass is 9.86. The summed E-state index contributed by atoms with van der Waals surface area (Å²) < 4.78 is 8.90. The second-order valence-electron chi connectivity index (χ2n) is 7.12. The molecule has 0 spiro atoms. The number of amides is 1. The molecule has 4 rings (SSSR count). The van der Waals surface area contributed by atoms with E-state index in [0.29, 0.717) is 34.2 Å². The van der Waals surface area contributed by atoms with E-state index in [1.54, 1.807) is 52.7 Å². The van der Waals surface area contributed by atoms with Crippen molar-refractivity contribution >= 4 is 40.7 Å². The molecule has 8 nitrogen and oxygen atoms in total. The molecule has 3 aromatic heterocycles. The summed E-state index contributed by atoms with van der Waals surface area (Å²) in [5.74, 6) is -0.855. The molecule has 3 aromatic rings. The highest BCUT2D eigenvalue weighted by Crippen LogP contribution is 2.36. The van der Waals surface area contributed by atoms with Gasteiger partial charge in [0, 0.05) is 44.7 Å². The van der Waals surface area contributed by atoms with Gasteiger partial charge in [0.15, 0.2) is 5.65 Å². The molecule has 4 heterocycles. The van der Waals surface area contributed by atoms with Crippen molar-refractivity contribution in [2.24, 2.45) is 13.0 Å². The summed E-state index contributed by atoms with van der Waals surface area (Å²) in [6.45, 7) is 0.00236. The van der Waals surface area contributed by atoms with Crippen LogP contribution in [0.15, 0.2) is 30.9 Å². The number of ether oxygens (including phenoxy) is 1. The van der Waals surface area contributed by atoms with Gasteiger partial charge >= 0.3 is 5.97 Å². The number of pyridine rings is 1. The van der Waals surface area contributed by atoms with Gasteiger partial charge in [-0.1, -0.05) is 23.2 Å². The van der Waals surface area contributed by atoms with Crippen LogP contribution in [0.1, 0.15) is 30.1 Å². The minimum Gasteiger partial charge on any atom is -0.459 e. The molecule has 0 saturated carbocycles. The molecule has 1 amide bonds. The normalized spacial score (nSPS) is 19.7. The molecule has 1 saturated heterocycles. The quantitative estimate of drug-likeness (QED) is 0.588. The number of halogens is 2. The predicted molar refractivity (Wildman–Crippen MR) is 106 cm³/mol. The number of piperidine rings is 1. The Hall–Kier alpha value is -2.58. The molecule has 0 N–H and O–H groups in total. The standard InChI is InChI=1S/C19H19Cl2N5O3/c1-24-7-11(6-22-24)17-14(3-4-16(27)25(17)2)19(28)29-10-13-9-26-8-12(20)5-15(21)18(26)23-13/h5-9,14,17H,3-4,10H2,1-2H3. The Labute approximate surface area is 177 Å². The number of fused-ring (bicyclic) bond motifs is 1. The average molecular weight is 436 g/mol. The van der Waals surface area contributed by atoms with Gasteiger partial charge in [-0.15, -0.1) is 0 Å². The van der Waals surface area contributed by atoms with Gasteiger partial charge in [-0.05, 0) is 12.5 Å². The number of hydrogen-bond donors (Lipinski definition) is 0. The van der Waals surface area contributed by atoms with Crippen LogP contribution in [0.5, 0.6) is 0 Å². The van der Waals surface area contributed by atoms with Gasteiger partial charge in [-0.2, -0.15) is 5.10 Å². The van der Waals surface area contributed by atoms with Gasteiger partial charge in [0.25, 0.3) is 0 Å². The lowest BCUT2D eigenvalue weighted by Crippen LogP contribution is -2.43. The van der Waals surface area contributed by atoms with Crippen molar-refractivity contribution in [2.75, 3.05) is 7.05 Å². The fourth-order valence-electron chi connectivity index (χ4n) is 3.73. The van der Waals surface area contributed by atoms with E-state index >= 15 is 0 Å². The Morgan fingerprint density at radius 3 is 2.79 bits per heavy atom. The number of aryl methyl sites for hydroxylation is 1. The Kier molecular flexibility index (Phi) is 5.23. The van der Waals surface area contributed by atoms with E-state index in [-0.39, 0.29) is 18.5 Å². The van der Waals surface area contributed by atoms with Gasteiger partial charge in [0.1, 0.15) is 6.61 Å². The first kappa shape index (κ1) is 19.7. The molecule has 0 aliphatic carbocycles. The molecule has 2 atom stereocenters. The summed E-state index contributed by atoms with van der Waals surface area (Å²) in [5.41, 5.74) is 1.90. The number of rotatable bonds is 4. The molecule has 152 valence electrons. The Bertz CT molecular complexity index is 1090. The number of carbonyl (C=O) groups excluding carboxylic acids is 2. The van der Waals surface area contributed by atoms with E-state index in [2.05, 4.69) is 10.1 Å². The highest BCUT2D eigenvalue weighted by atomic mass is 35.5. The summed E-state index contributed by atoms with van der Waals surface area (Å²) in [4.78, 5) is 31.1. The minimum absolute atomic E-state index is 0.00236. The summed E-state index contributed by atoms with van der Waals surface area (Å²) in [6, 6.07) is 1.20. The highest BCUT2D eigenvalue weighted by molar-refractivity contribution is 6.36. The van der Waals surface area contributed by atoms with Crippen LogP contribution in [-0.4, -0.2) is 43.0 Å². The molecule has 0 radical (unpaired) electrons. The molecule has 10 heteroatoms. The van der Waals surface area contributed by atoms with E-state index in [1.807, 2.05) is 6.20 Å². The van der Waals surface area contributed by atoms with Crippen molar-refractivity contribution in [2.45, 2.75) is 25.5 Å².